The van der Waals surface area contributed by atoms with Crippen LogP contribution in [0, 0.1) is 0 Å². The highest BCUT2D eigenvalue weighted by Crippen LogP contribution is 2.50. The summed E-state index contributed by atoms with van der Waals surface area (Å²) in [5.41, 5.74) is -2.47. The highest BCUT2D eigenvalue weighted by Gasteiger charge is 2.27. The van der Waals surface area contributed by atoms with Gasteiger partial charge in [0, 0.05) is 44.8 Å². The van der Waals surface area contributed by atoms with Gasteiger partial charge in [-0.1, -0.05) is 194 Å². The second-order valence-corrected chi connectivity index (χ2v) is 13.9. The van der Waals surface area contributed by atoms with E-state index in [-0.39, 0.29) is 11.1 Å². The van der Waals surface area contributed by atoms with Crippen molar-refractivity contribution in [3.63, 3.8) is 0 Å². The lowest BCUT2D eigenvalue weighted by atomic mass is 9.89. The average molecular weight is 800 g/mol. The molecule has 3 heterocycles. The van der Waals surface area contributed by atoms with Crippen molar-refractivity contribution in [2.75, 3.05) is 0 Å². The van der Waals surface area contributed by atoms with Gasteiger partial charge in [-0.15, -0.1) is 0 Å². The molecule has 61 heavy (non-hydrogen) atoms. The minimum atomic E-state index is -1.03. The topological polar surface area (TPSA) is 38.9 Å². The number of aromatic nitrogens is 2. The fourth-order valence-electron chi connectivity index (χ4n) is 7.82. The summed E-state index contributed by atoms with van der Waals surface area (Å²) in [6.45, 7) is 0. The Hall–Kier alpha value is -8.14. The van der Waals surface area contributed by atoms with E-state index in [1.54, 1.807) is 42.6 Å². The predicted molar refractivity (Wildman–Crippen MR) is 254 cm³/mol. The van der Waals surface area contributed by atoms with Gasteiger partial charge in [0.25, 0.3) is 0 Å². The van der Waals surface area contributed by atoms with Gasteiger partial charge in [0.2, 0.25) is 0 Å². The number of furan rings is 1. The minimum Gasteiger partial charge on any atom is -0.455 e. The van der Waals surface area contributed by atoms with Crippen LogP contribution < -0.4 is 0 Å². The average Bonchev–Trinajstić information content (AvgIpc) is 1.47. The number of hydrogen-bond acceptors (Lipinski definition) is 3. The molecular formula is C58H36N2O. The second-order valence-electron chi connectivity index (χ2n) is 13.9. The SMILES string of the molecule is [2H]c1c([2H])c([2H])c(-c2c(-c3c([2H])c([2H])c(-c4ccc(-c5ccc6ccc7cccnc7c6n5)c5ccccc45)c([2H])c3[2H])oc(-c3c([2H])c4c([2H])c([2H])c([2H])c([2H])c4c4c([2H])c([2H])c([2H])c([2H])c34)c2-c2c([2H])c([2H])c([2H])c([2H])c2[2H])c([2H])c1[2H]. The van der Waals surface area contributed by atoms with Crippen LogP contribution >= 0.6 is 0 Å². The standard InChI is InChI=1S/C58H36N2O/c1-3-14-38(15-4-1)53-54(39-16-5-2-6-17-39)58(51-36-43-18-7-8-20-44(43)46-21-10-12-24-49(46)51)61-57(53)42-29-25-37(26-30-42)45-32-33-50(48-23-11-9-22-47(45)48)52-34-31-41-28-27-40-19-13-35-59-55(40)56(41)60-52/h1-36H/i1D,2D,3D,4D,5D,6D,7D,8D,10D,12D,14D,15D,16D,17D,18D,20D,21D,24D,25D,26D,29D,30D,36D. The lowest BCUT2D eigenvalue weighted by Gasteiger charge is -2.13. The van der Waals surface area contributed by atoms with E-state index < -0.39 is 205 Å². The quantitative estimate of drug-likeness (QED) is 0.157. The van der Waals surface area contributed by atoms with Crippen LogP contribution in [0.3, 0.4) is 0 Å². The largest absolute Gasteiger partial charge is 0.455 e. The van der Waals surface area contributed by atoms with Crippen LogP contribution in [-0.4, -0.2) is 9.97 Å². The molecule has 0 saturated heterocycles. The Labute approximate surface area is 385 Å². The number of benzene rings is 9. The first kappa shape index (κ1) is 18.8. The maximum absolute atomic E-state index is 9.93. The van der Waals surface area contributed by atoms with Gasteiger partial charge >= 0.3 is 0 Å². The summed E-state index contributed by atoms with van der Waals surface area (Å²) in [7, 11) is 0. The van der Waals surface area contributed by atoms with Crippen molar-refractivity contribution >= 4 is 54.1 Å². The fraction of sp³-hybridized carbons (Fsp3) is 0. The first-order valence-electron chi connectivity index (χ1n) is 30.4. The molecule has 0 radical (unpaired) electrons. The summed E-state index contributed by atoms with van der Waals surface area (Å²) >= 11 is 0. The second kappa shape index (κ2) is 14.3. The Bertz CT molecular complexity index is 4930. The van der Waals surface area contributed by atoms with Gasteiger partial charge in [-0.05, 0) is 72.7 Å². The van der Waals surface area contributed by atoms with Gasteiger partial charge in [0.15, 0.2) is 0 Å². The van der Waals surface area contributed by atoms with E-state index in [1.165, 1.54) is 0 Å². The normalized spacial score (nSPS) is 16.9. The van der Waals surface area contributed by atoms with Crippen LogP contribution in [0.1, 0.15) is 31.5 Å². The number of hydrogen-bond donors (Lipinski definition) is 0. The summed E-state index contributed by atoms with van der Waals surface area (Å²) in [5.74, 6) is -1.82. The zero-order chi connectivity index (χ0) is 60.3. The van der Waals surface area contributed by atoms with Gasteiger partial charge in [-0.2, -0.15) is 0 Å². The van der Waals surface area contributed by atoms with Crippen molar-refractivity contribution in [1.29, 1.82) is 0 Å². The number of nitrogens with zero attached hydrogens (tertiary/aromatic N) is 2. The van der Waals surface area contributed by atoms with Gasteiger partial charge in [-0.25, -0.2) is 4.98 Å². The molecule has 3 heteroatoms. The summed E-state index contributed by atoms with van der Waals surface area (Å²) < 4.78 is 218. The highest BCUT2D eigenvalue weighted by molar-refractivity contribution is 6.15. The minimum absolute atomic E-state index is 0.205. The van der Waals surface area contributed by atoms with Crippen LogP contribution in [0.5, 0.6) is 0 Å². The molecule has 3 aromatic heterocycles. The van der Waals surface area contributed by atoms with Crippen LogP contribution in [-0.2, 0) is 0 Å². The van der Waals surface area contributed by atoms with Crippen molar-refractivity contribution in [3.05, 3.63) is 218 Å². The van der Waals surface area contributed by atoms with Gasteiger partial charge < -0.3 is 4.42 Å². The molecule has 0 aliphatic rings. The first-order valence-corrected chi connectivity index (χ1v) is 18.9. The zero-order valence-corrected chi connectivity index (χ0v) is 31.3. The molecule has 284 valence electrons. The lowest BCUT2D eigenvalue weighted by molar-refractivity contribution is 0.599. The Morgan fingerprint density at radius 1 is 0.377 bits per heavy atom. The molecule has 12 aromatic rings. The molecule has 0 aliphatic carbocycles. The molecule has 0 aliphatic heterocycles. The van der Waals surface area contributed by atoms with E-state index in [0.29, 0.717) is 33.1 Å². The molecular weight excluding hydrogens is 741 g/mol. The Morgan fingerprint density at radius 2 is 0.967 bits per heavy atom. The van der Waals surface area contributed by atoms with Crippen molar-refractivity contribution in [1.82, 2.24) is 9.97 Å². The number of rotatable bonds is 6. The zero-order valence-electron chi connectivity index (χ0n) is 54.3. The van der Waals surface area contributed by atoms with Gasteiger partial charge in [-0.3, -0.25) is 4.98 Å². The molecule has 0 unspecified atom stereocenters. The van der Waals surface area contributed by atoms with E-state index >= 15 is 0 Å². The van der Waals surface area contributed by atoms with E-state index in [4.69, 9.17) is 25.9 Å². The summed E-state index contributed by atoms with van der Waals surface area (Å²) in [6.07, 6.45) is 1.67. The Morgan fingerprint density at radius 3 is 1.72 bits per heavy atom. The molecule has 0 spiro atoms. The Balaban J connectivity index is 1.25. The van der Waals surface area contributed by atoms with Gasteiger partial charge in [0.05, 0.1) is 48.3 Å². The van der Waals surface area contributed by atoms with E-state index in [9.17, 15) is 15.1 Å². The van der Waals surface area contributed by atoms with Crippen LogP contribution in [0.25, 0.3) is 121 Å². The third-order valence-electron chi connectivity index (χ3n) is 10.5. The molecule has 0 atom stereocenters. The monoisotopic (exact) mass is 799 g/mol. The maximum atomic E-state index is 9.93. The third-order valence-corrected chi connectivity index (χ3v) is 10.5. The van der Waals surface area contributed by atoms with Gasteiger partial charge in [0.1, 0.15) is 11.5 Å². The fourth-order valence-corrected chi connectivity index (χ4v) is 7.82. The van der Waals surface area contributed by atoms with Crippen LogP contribution in [0.4, 0.5) is 0 Å². The molecule has 0 fully saturated rings. The summed E-state index contributed by atoms with van der Waals surface area (Å²) in [5, 5.41) is 0.272. The molecule has 9 aromatic carbocycles. The molecule has 12 rings (SSSR count). The van der Waals surface area contributed by atoms with Crippen molar-refractivity contribution in [3.8, 4) is 67.3 Å². The molecule has 0 saturated carbocycles. The van der Waals surface area contributed by atoms with E-state index in [0.717, 1.165) is 10.8 Å². The Kier molecular flexibility index (Phi) is 4.42. The van der Waals surface area contributed by atoms with Crippen molar-refractivity contribution < 1.29 is 35.9 Å². The third kappa shape index (κ3) is 5.82. The molecule has 3 nitrogen and oxygen atoms in total. The predicted octanol–water partition coefficient (Wildman–Crippen LogP) is 15.8. The smallest absolute Gasteiger partial charge is 0.143 e. The van der Waals surface area contributed by atoms with E-state index in [1.807, 2.05) is 36.4 Å². The number of fused-ring (bicyclic) bond motifs is 7. The molecule has 0 amide bonds. The van der Waals surface area contributed by atoms with E-state index in [2.05, 4.69) is 4.98 Å². The van der Waals surface area contributed by atoms with Crippen LogP contribution in [0.2, 0.25) is 0 Å². The summed E-state index contributed by atoms with van der Waals surface area (Å²) in [6, 6.07) is 0.534. The lowest BCUT2D eigenvalue weighted by Crippen LogP contribution is -1.91. The first-order chi connectivity index (χ1) is 39.8. The molecule has 0 N–H and O–H groups in total. The number of pyridine rings is 2. The van der Waals surface area contributed by atoms with Crippen molar-refractivity contribution in [2.45, 2.75) is 0 Å². The molecule has 0 bridgehead atoms. The maximum Gasteiger partial charge on any atom is 0.143 e. The highest BCUT2D eigenvalue weighted by atomic mass is 16.3. The summed E-state index contributed by atoms with van der Waals surface area (Å²) in [4.78, 5) is 9.62. The van der Waals surface area contributed by atoms with Crippen molar-refractivity contribution in [2.24, 2.45) is 0 Å². The van der Waals surface area contributed by atoms with Crippen LogP contribution in [0.15, 0.2) is 222 Å².